The number of carbonyl (C=O) groups is 1. The van der Waals surface area contributed by atoms with Crippen molar-refractivity contribution in [3.8, 4) is 0 Å². The molecule has 3 saturated heterocycles. The third kappa shape index (κ3) is 8.31. The molecule has 240 valence electrons. The lowest BCUT2D eigenvalue weighted by Gasteiger charge is -2.43. The quantitative estimate of drug-likeness (QED) is 0.264. The summed E-state index contributed by atoms with van der Waals surface area (Å²) in [7, 11) is 0. The summed E-state index contributed by atoms with van der Waals surface area (Å²) in [5.74, 6) is 0.159. The molecule has 3 aromatic rings. The normalized spacial score (nSPS) is 25.8. The second-order valence-electron chi connectivity index (χ2n) is 12.9. The zero-order chi connectivity index (χ0) is 31.0. The number of aliphatic hydroxyl groups is 1. The van der Waals surface area contributed by atoms with Gasteiger partial charge in [-0.2, -0.15) is 0 Å². The van der Waals surface area contributed by atoms with E-state index in [9.17, 15) is 9.90 Å². The van der Waals surface area contributed by atoms with E-state index >= 15 is 0 Å². The first kappa shape index (κ1) is 31.7. The number of nitrogens with one attached hydrogen (secondary N) is 2. The number of amides is 2. The summed E-state index contributed by atoms with van der Waals surface area (Å²) >= 11 is 0. The fourth-order valence-corrected chi connectivity index (χ4v) is 6.98. The zero-order valence-electron chi connectivity index (χ0n) is 26.4. The maximum absolute atomic E-state index is 12.4. The molecule has 3 N–H and O–H groups in total. The maximum Gasteiger partial charge on any atom is 0.315 e. The minimum atomic E-state index is -0.496. The lowest BCUT2D eigenvalue weighted by molar-refractivity contribution is -0.276. The molecule has 0 spiro atoms. The van der Waals surface area contributed by atoms with Crippen molar-refractivity contribution in [2.24, 2.45) is 5.92 Å². The monoisotopic (exact) mass is 612 g/mol. The fraction of sp³-hybridized carbons (Fsp3) is 0.486. The standard InChI is InChI=1S/C37H48N4O4/c1-27-34(25-41-21-7-10-33(41)24-40-19-5-6-20-40)44-36(45-35(27)31-15-13-30(26-42)14-16-31)32-17-11-29(12-18-32)23-39-37(43)38-22-28-8-3-2-4-9-28/h2-4,8-9,11-18,27,33-36,42H,5-7,10,19-26H2,1H3,(H2,38,39,43)/t27-,33-,34+,35+,36+/m0/s1. The SMILES string of the molecule is C[C@H]1[C@@H](CN2CCC[C@H]2CN2CCCC2)O[C@@H](c2ccc(CNC(=O)NCc3ccccc3)cc2)O[C@H]1c1ccc(CO)cc1. The van der Waals surface area contributed by atoms with Gasteiger partial charge in [-0.1, -0.05) is 85.8 Å². The second kappa shape index (κ2) is 15.3. The molecule has 8 heteroatoms. The number of urea groups is 1. The van der Waals surface area contributed by atoms with Gasteiger partial charge in [-0.15, -0.1) is 0 Å². The van der Waals surface area contributed by atoms with E-state index in [0.717, 1.165) is 47.5 Å². The molecule has 0 saturated carbocycles. The highest BCUT2D eigenvalue weighted by atomic mass is 16.7. The van der Waals surface area contributed by atoms with E-state index in [0.29, 0.717) is 19.1 Å². The maximum atomic E-state index is 12.4. The number of ether oxygens (including phenoxy) is 2. The molecule has 0 aliphatic carbocycles. The molecule has 8 nitrogen and oxygen atoms in total. The fourth-order valence-electron chi connectivity index (χ4n) is 6.98. The summed E-state index contributed by atoms with van der Waals surface area (Å²) in [4.78, 5) is 17.7. The van der Waals surface area contributed by atoms with E-state index in [2.05, 4.69) is 51.6 Å². The van der Waals surface area contributed by atoms with Crippen LogP contribution in [-0.2, 0) is 29.2 Å². The van der Waals surface area contributed by atoms with Crippen molar-refractivity contribution >= 4 is 6.03 Å². The Morgan fingerprint density at radius 2 is 1.42 bits per heavy atom. The van der Waals surface area contributed by atoms with Crippen molar-refractivity contribution in [2.45, 2.75) is 76.8 Å². The summed E-state index contributed by atoms with van der Waals surface area (Å²) in [6.07, 6.45) is 4.53. The molecular formula is C37H48N4O4. The number of carbonyl (C=O) groups excluding carboxylic acids is 1. The molecular weight excluding hydrogens is 564 g/mol. The third-order valence-corrected chi connectivity index (χ3v) is 9.71. The largest absolute Gasteiger partial charge is 0.392 e. The highest BCUT2D eigenvalue weighted by Crippen LogP contribution is 2.42. The molecule has 3 aliphatic rings. The number of aliphatic hydroxyl groups excluding tert-OH is 1. The third-order valence-electron chi connectivity index (χ3n) is 9.71. The minimum Gasteiger partial charge on any atom is -0.392 e. The average Bonchev–Trinajstić information content (AvgIpc) is 3.77. The predicted molar refractivity (Wildman–Crippen MR) is 175 cm³/mol. The van der Waals surface area contributed by atoms with Crippen LogP contribution < -0.4 is 10.6 Å². The van der Waals surface area contributed by atoms with Crippen LogP contribution in [0.15, 0.2) is 78.9 Å². The molecule has 3 fully saturated rings. The Balaban J connectivity index is 1.11. The highest BCUT2D eigenvalue weighted by Gasteiger charge is 2.40. The lowest BCUT2D eigenvalue weighted by atomic mass is 9.90. The molecule has 2 amide bonds. The number of nitrogens with zero attached hydrogens (tertiary/aromatic N) is 2. The van der Waals surface area contributed by atoms with Crippen molar-refractivity contribution in [3.05, 3.63) is 107 Å². The summed E-state index contributed by atoms with van der Waals surface area (Å²) in [5.41, 5.74) is 5.04. The van der Waals surface area contributed by atoms with Gasteiger partial charge in [-0.05, 0) is 67.6 Å². The highest BCUT2D eigenvalue weighted by molar-refractivity contribution is 5.73. The molecule has 3 heterocycles. The molecule has 5 atom stereocenters. The van der Waals surface area contributed by atoms with Gasteiger partial charge in [0, 0.05) is 43.7 Å². The van der Waals surface area contributed by atoms with Crippen LogP contribution in [0.3, 0.4) is 0 Å². The Bertz CT molecular complexity index is 1350. The number of benzene rings is 3. The first-order valence-corrected chi connectivity index (χ1v) is 16.7. The topological polar surface area (TPSA) is 86.3 Å². The molecule has 0 unspecified atom stereocenters. The van der Waals surface area contributed by atoms with Gasteiger partial charge in [0.15, 0.2) is 6.29 Å². The van der Waals surface area contributed by atoms with Crippen molar-refractivity contribution < 1.29 is 19.4 Å². The van der Waals surface area contributed by atoms with Crippen LogP contribution in [0.5, 0.6) is 0 Å². The number of likely N-dealkylation sites (tertiary alicyclic amines) is 2. The molecule has 6 rings (SSSR count). The number of rotatable bonds is 11. The van der Waals surface area contributed by atoms with Crippen molar-refractivity contribution in [1.29, 1.82) is 0 Å². The van der Waals surface area contributed by atoms with Crippen LogP contribution in [-0.4, -0.2) is 65.8 Å². The van der Waals surface area contributed by atoms with Crippen molar-refractivity contribution in [2.75, 3.05) is 32.7 Å². The lowest BCUT2D eigenvalue weighted by Crippen LogP contribution is -2.48. The van der Waals surface area contributed by atoms with E-state index in [1.54, 1.807) is 0 Å². The van der Waals surface area contributed by atoms with E-state index < -0.39 is 6.29 Å². The van der Waals surface area contributed by atoms with Gasteiger partial charge in [-0.3, -0.25) is 4.90 Å². The van der Waals surface area contributed by atoms with Crippen LogP contribution in [0, 0.1) is 5.92 Å². The van der Waals surface area contributed by atoms with Gasteiger partial charge >= 0.3 is 6.03 Å². The molecule has 3 aromatic carbocycles. The molecule has 45 heavy (non-hydrogen) atoms. The van der Waals surface area contributed by atoms with Gasteiger partial charge < -0.3 is 30.1 Å². The van der Waals surface area contributed by atoms with Gasteiger partial charge in [-0.25, -0.2) is 4.79 Å². The Morgan fingerprint density at radius 1 is 0.778 bits per heavy atom. The van der Waals surface area contributed by atoms with Crippen LogP contribution in [0.2, 0.25) is 0 Å². The molecule has 0 bridgehead atoms. The Hall–Kier alpha value is -3.27. The smallest absolute Gasteiger partial charge is 0.315 e. The van der Waals surface area contributed by atoms with Gasteiger partial charge in [0.2, 0.25) is 0 Å². The number of hydrogen-bond donors (Lipinski definition) is 3. The summed E-state index contributed by atoms with van der Waals surface area (Å²) in [6, 6.07) is 26.6. The van der Waals surface area contributed by atoms with E-state index in [-0.39, 0.29) is 30.8 Å². The number of hydrogen-bond acceptors (Lipinski definition) is 6. The first-order valence-electron chi connectivity index (χ1n) is 16.7. The molecule has 0 aromatic heterocycles. The van der Waals surface area contributed by atoms with Crippen LogP contribution in [0.1, 0.15) is 72.8 Å². The first-order chi connectivity index (χ1) is 22.1. The van der Waals surface area contributed by atoms with E-state index in [1.807, 2.05) is 54.6 Å². The average molecular weight is 613 g/mol. The summed E-state index contributed by atoms with van der Waals surface area (Å²) in [5, 5.41) is 15.4. The predicted octanol–water partition coefficient (Wildman–Crippen LogP) is 5.53. The van der Waals surface area contributed by atoms with Crippen molar-refractivity contribution in [1.82, 2.24) is 20.4 Å². The van der Waals surface area contributed by atoms with Gasteiger partial charge in [0.25, 0.3) is 0 Å². The van der Waals surface area contributed by atoms with Crippen LogP contribution in [0.4, 0.5) is 4.79 Å². The Morgan fingerprint density at radius 3 is 2.11 bits per heavy atom. The van der Waals surface area contributed by atoms with Crippen LogP contribution in [0.25, 0.3) is 0 Å². The van der Waals surface area contributed by atoms with E-state index in [1.165, 1.54) is 38.8 Å². The second-order valence-corrected chi connectivity index (χ2v) is 12.9. The van der Waals surface area contributed by atoms with Gasteiger partial charge in [0.1, 0.15) is 0 Å². The molecule has 3 aliphatic heterocycles. The van der Waals surface area contributed by atoms with Gasteiger partial charge in [0.05, 0.1) is 18.8 Å². The Kier molecular flexibility index (Phi) is 10.8. The summed E-state index contributed by atoms with van der Waals surface area (Å²) in [6.45, 7) is 8.82. The minimum absolute atomic E-state index is 0.0140. The molecule has 0 radical (unpaired) electrons. The Labute approximate surface area is 267 Å². The zero-order valence-corrected chi connectivity index (χ0v) is 26.4. The van der Waals surface area contributed by atoms with E-state index in [4.69, 9.17) is 9.47 Å². The summed E-state index contributed by atoms with van der Waals surface area (Å²) < 4.78 is 13.5. The van der Waals surface area contributed by atoms with Crippen molar-refractivity contribution in [3.63, 3.8) is 0 Å². The van der Waals surface area contributed by atoms with Crippen LogP contribution >= 0.6 is 0 Å².